The molecule has 2 N–H and O–H groups in total. The number of hydrogen-bond donors (Lipinski definition) is 1. The predicted octanol–water partition coefficient (Wildman–Crippen LogP) is 0.336. The third kappa shape index (κ3) is 3.35. The van der Waals surface area contributed by atoms with Crippen molar-refractivity contribution in [2.24, 2.45) is 5.73 Å². The van der Waals surface area contributed by atoms with Crippen molar-refractivity contribution >= 4 is 32.3 Å². The van der Waals surface area contributed by atoms with Crippen LogP contribution in [-0.2, 0) is 10.9 Å². The molecule has 0 aliphatic carbocycles. The molecule has 3 atom stereocenters. The zero-order valence-electron chi connectivity index (χ0n) is 15.5. The van der Waals surface area contributed by atoms with E-state index in [-0.39, 0.29) is 24.3 Å². The van der Waals surface area contributed by atoms with E-state index < -0.39 is 25.1 Å². The zero-order valence-corrected chi connectivity index (χ0v) is 18.4. The molecule has 0 saturated carbocycles. The third-order valence-corrected chi connectivity index (χ3v) is 15.0. The molecule has 0 unspecified atom stereocenters. The fraction of sp³-hybridized carbons (Fsp3) is 0.250. The number of carbonyl (C=O) groups is 1. The summed E-state index contributed by atoms with van der Waals surface area (Å²) in [5.41, 5.74) is 5.25. The summed E-state index contributed by atoms with van der Waals surface area (Å²) in [5, 5.41) is 4.13. The Balaban J connectivity index is 1.45. The van der Waals surface area contributed by atoms with Crippen LogP contribution in [0, 0.1) is 0 Å². The van der Waals surface area contributed by atoms with Crippen LogP contribution in [-0.4, -0.2) is 58.7 Å². The van der Waals surface area contributed by atoms with Gasteiger partial charge in [-0.1, -0.05) is 0 Å². The summed E-state index contributed by atoms with van der Waals surface area (Å²) in [4.78, 5) is 15.2. The minimum absolute atomic E-state index is 0.0252. The van der Waals surface area contributed by atoms with Gasteiger partial charge in [-0.15, -0.1) is 0 Å². The van der Waals surface area contributed by atoms with E-state index >= 15 is 0 Å². The summed E-state index contributed by atoms with van der Waals surface area (Å²) in [6, 6.07) is 20.4. The maximum absolute atomic E-state index is 11.3. The molecule has 8 nitrogen and oxygen atoms in total. The van der Waals surface area contributed by atoms with Gasteiger partial charge in [0.1, 0.15) is 0 Å². The molecule has 1 aromatic heterocycles. The molecule has 2 saturated heterocycles. The number of benzene rings is 2. The van der Waals surface area contributed by atoms with E-state index in [1.54, 1.807) is 0 Å². The normalized spacial score (nSPS) is 25.4. The van der Waals surface area contributed by atoms with E-state index in [0.29, 0.717) is 13.0 Å². The molecular formula is C20H20N4O4Sn. The van der Waals surface area contributed by atoms with Gasteiger partial charge in [0.05, 0.1) is 0 Å². The molecule has 2 aromatic carbocycles. The molecule has 9 heteroatoms. The Labute approximate surface area is 172 Å². The average Bonchev–Trinajstić information content (AvgIpc) is 3.41. The van der Waals surface area contributed by atoms with Crippen LogP contribution < -0.4 is 12.9 Å². The summed E-state index contributed by atoms with van der Waals surface area (Å²) in [6.07, 6.45) is 1.38. The Morgan fingerprint density at radius 2 is 1.69 bits per heavy atom. The first kappa shape index (κ1) is 18.7. The summed E-state index contributed by atoms with van der Waals surface area (Å²) < 4.78 is 23.2. The first-order valence-electron chi connectivity index (χ1n) is 9.45. The summed E-state index contributed by atoms with van der Waals surface area (Å²) in [5.74, 6) is -0.690. The number of hydrogen-bond acceptors (Lipinski definition) is 6. The second-order valence-electron chi connectivity index (χ2n) is 7.09. The fourth-order valence-electron chi connectivity index (χ4n) is 3.89. The molecule has 2 aliphatic heterocycles. The van der Waals surface area contributed by atoms with E-state index in [9.17, 15) is 4.79 Å². The van der Waals surface area contributed by atoms with Gasteiger partial charge in [-0.05, 0) is 0 Å². The van der Waals surface area contributed by atoms with Gasteiger partial charge in [0.15, 0.2) is 0 Å². The number of primary amides is 1. The number of nitrogens with two attached hydrogens (primary N) is 1. The molecule has 2 aliphatic rings. The fourth-order valence-corrected chi connectivity index (χ4v) is 13.4. The van der Waals surface area contributed by atoms with Crippen LogP contribution >= 0.6 is 0 Å². The number of carbonyl (C=O) groups excluding carboxylic acids is 1. The van der Waals surface area contributed by atoms with E-state index in [2.05, 4.69) is 34.3 Å². The van der Waals surface area contributed by atoms with Gasteiger partial charge < -0.3 is 0 Å². The average molecular weight is 499 g/mol. The van der Waals surface area contributed by atoms with Crippen LogP contribution in [0.25, 0.3) is 0 Å². The van der Waals surface area contributed by atoms with Gasteiger partial charge in [-0.25, -0.2) is 0 Å². The molecular weight excluding hydrogens is 479 g/mol. The predicted molar refractivity (Wildman–Crippen MR) is 106 cm³/mol. The first-order chi connectivity index (χ1) is 14.2. The van der Waals surface area contributed by atoms with E-state index in [1.165, 1.54) is 11.0 Å². The molecule has 3 aromatic rings. The van der Waals surface area contributed by atoms with Crippen molar-refractivity contribution in [1.82, 2.24) is 14.8 Å². The molecule has 29 heavy (non-hydrogen) atoms. The van der Waals surface area contributed by atoms with Crippen molar-refractivity contribution in [1.29, 1.82) is 0 Å². The van der Waals surface area contributed by atoms with Crippen molar-refractivity contribution in [3.05, 3.63) is 72.8 Å². The molecule has 3 heterocycles. The SMILES string of the molecule is NC(=O)c1ncn([C@@H]2C[C@H]3[O][Sn]([c]4ccccc4)([c]4ccccc4)[O]C[C@@H]3O2)n1. The van der Waals surface area contributed by atoms with Crippen molar-refractivity contribution in [2.45, 2.75) is 24.9 Å². The van der Waals surface area contributed by atoms with E-state index in [0.717, 1.165) is 7.16 Å². The second-order valence-corrected chi connectivity index (χ2v) is 15.4. The number of aromatic nitrogens is 3. The second kappa shape index (κ2) is 7.52. The van der Waals surface area contributed by atoms with Crippen molar-refractivity contribution in [2.75, 3.05) is 6.61 Å². The number of nitrogens with zero attached hydrogens (tertiary/aromatic N) is 3. The molecule has 0 bridgehead atoms. The monoisotopic (exact) mass is 500 g/mol. The van der Waals surface area contributed by atoms with Crippen molar-refractivity contribution in [3.63, 3.8) is 0 Å². The van der Waals surface area contributed by atoms with Crippen LogP contribution in [0.15, 0.2) is 67.0 Å². The number of rotatable bonds is 4. The third-order valence-electron chi connectivity index (χ3n) is 5.28. The Bertz CT molecular complexity index is 974. The minimum atomic E-state index is -3.81. The molecule has 0 radical (unpaired) electrons. The van der Waals surface area contributed by atoms with Gasteiger partial charge in [0, 0.05) is 0 Å². The quantitative estimate of drug-likeness (QED) is 0.520. The van der Waals surface area contributed by atoms with Crippen LogP contribution in [0.5, 0.6) is 0 Å². The molecule has 5 rings (SSSR count). The number of amides is 1. The van der Waals surface area contributed by atoms with Crippen LogP contribution in [0.3, 0.4) is 0 Å². The molecule has 148 valence electrons. The van der Waals surface area contributed by atoms with Crippen molar-refractivity contribution < 1.29 is 15.7 Å². The maximum atomic E-state index is 11.3. The summed E-state index contributed by atoms with van der Waals surface area (Å²) in [7, 11) is 0. The topological polar surface area (TPSA) is 101 Å². The van der Waals surface area contributed by atoms with E-state index in [1.807, 2.05) is 36.4 Å². The van der Waals surface area contributed by atoms with Crippen molar-refractivity contribution in [3.8, 4) is 0 Å². The Morgan fingerprint density at radius 1 is 1.03 bits per heavy atom. The van der Waals surface area contributed by atoms with Gasteiger partial charge >= 0.3 is 173 Å². The Hall–Kier alpha value is -2.27. The molecule has 2 fully saturated rings. The van der Waals surface area contributed by atoms with Gasteiger partial charge in [0.2, 0.25) is 0 Å². The van der Waals surface area contributed by atoms with Gasteiger partial charge in [0.25, 0.3) is 0 Å². The summed E-state index contributed by atoms with van der Waals surface area (Å²) in [6.45, 7) is 0.457. The van der Waals surface area contributed by atoms with Crippen LogP contribution in [0.1, 0.15) is 23.3 Å². The standard InChI is InChI=1S/C8H10N4O4.2C6H5.Sn/c9-7(15)8-10-3-12(11-8)6-1-4(14)5(2-13)16-6;2*1-2-4-6-5-3-1;/h3-6H,1-2H2,(H2,9,15);2*1-5H;/q-2;;;+2/t4-,5+,6+;;;/m1.../s1. The van der Waals surface area contributed by atoms with Crippen LogP contribution in [0.4, 0.5) is 0 Å². The molecule has 1 amide bonds. The Morgan fingerprint density at radius 3 is 2.28 bits per heavy atom. The Kier molecular flexibility index (Phi) is 4.86. The molecule has 0 spiro atoms. The zero-order chi connectivity index (χ0) is 19.8. The van der Waals surface area contributed by atoms with Gasteiger partial charge in [-0.2, -0.15) is 0 Å². The van der Waals surface area contributed by atoms with Crippen LogP contribution in [0.2, 0.25) is 0 Å². The summed E-state index contributed by atoms with van der Waals surface area (Å²) >= 11 is -3.81. The number of fused-ring (bicyclic) bond motifs is 1. The number of ether oxygens (including phenoxy) is 1. The van der Waals surface area contributed by atoms with E-state index in [4.69, 9.17) is 16.6 Å². The van der Waals surface area contributed by atoms with Gasteiger partial charge in [-0.3, -0.25) is 0 Å². The first-order valence-corrected chi connectivity index (χ1v) is 14.6.